The number of carbonyl (C=O) groups is 1. The highest BCUT2D eigenvalue weighted by atomic mass is 16.3. The molecule has 0 bridgehead atoms. The fraction of sp³-hybridized carbons (Fsp3) is 0.0625. The van der Waals surface area contributed by atoms with Crippen LogP contribution in [-0.4, -0.2) is 27.0 Å². The zero-order chi connectivity index (χ0) is 16.2. The highest BCUT2D eigenvalue weighted by Crippen LogP contribution is 2.17. The normalized spacial score (nSPS) is 11.0. The van der Waals surface area contributed by atoms with Gasteiger partial charge in [-0.25, -0.2) is 10.1 Å². The van der Waals surface area contributed by atoms with Crippen LogP contribution in [0.4, 0.5) is 0 Å². The molecular formula is C16H14N4O3. The number of rotatable bonds is 4. The van der Waals surface area contributed by atoms with Crippen LogP contribution >= 0.6 is 0 Å². The molecule has 0 radical (unpaired) electrons. The quantitative estimate of drug-likeness (QED) is 0.571. The molecule has 1 aromatic carbocycles. The minimum atomic E-state index is -0.614. The van der Waals surface area contributed by atoms with E-state index in [4.69, 9.17) is 4.42 Å². The van der Waals surface area contributed by atoms with Crippen LogP contribution in [0.15, 0.2) is 58.2 Å². The van der Waals surface area contributed by atoms with E-state index in [0.29, 0.717) is 5.76 Å². The van der Waals surface area contributed by atoms with Crippen LogP contribution in [-0.2, 0) is 0 Å². The fourth-order valence-corrected chi connectivity index (χ4v) is 1.97. The number of aromatic hydroxyl groups is 1. The van der Waals surface area contributed by atoms with E-state index in [1.807, 2.05) is 37.3 Å². The van der Waals surface area contributed by atoms with Crippen LogP contribution in [0.2, 0.25) is 0 Å². The monoisotopic (exact) mass is 310 g/mol. The zero-order valence-electron chi connectivity index (χ0n) is 12.3. The first-order valence-corrected chi connectivity index (χ1v) is 6.87. The number of hydrogen-bond acceptors (Lipinski definition) is 5. The predicted molar refractivity (Wildman–Crippen MR) is 83.7 cm³/mol. The molecule has 2 aromatic heterocycles. The van der Waals surface area contributed by atoms with Gasteiger partial charge in [0.05, 0.1) is 18.1 Å². The topological polar surface area (TPSA) is 92.7 Å². The van der Waals surface area contributed by atoms with Crippen molar-refractivity contribution in [2.75, 3.05) is 0 Å². The molecule has 7 nitrogen and oxygen atoms in total. The summed E-state index contributed by atoms with van der Waals surface area (Å²) in [6, 6.07) is 12.7. The third-order valence-corrected chi connectivity index (χ3v) is 3.05. The highest BCUT2D eigenvalue weighted by Gasteiger charge is 2.16. The molecule has 1 amide bonds. The maximum atomic E-state index is 12.0. The molecule has 2 N–H and O–H groups in total. The van der Waals surface area contributed by atoms with Gasteiger partial charge in [0, 0.05) is 0 Å². The molecular weight excluding hydrogens is 296 g/mol. The molecule has 0 aliphatic carbocycles. The van der Waals surface area contributed by atoms with E-state index in [0.717, 1.165) is 11.4 Å². The van der Waals surface area contributed by atoms with Crippen LogP contribution < -0.4 is 5.43 Å². The first-order chi connectivity index (χ1) is 11.1. The zero-order valence-corrected chi connectivity index (χ0v) is 12.3. The summed E-state index contributed by atoms with van der Waals surface area (Å²) >= 11 is 0. The van der Waals surface area contributed by atoms with Crippen molar-refractivity contribution in [3.8, 4) is 11.4 Å². The minimum absolute atomic E-state index is 0.110. The largest absolute Gasteiger partial charge is 0.504 e. The SMILES string of the molecule is Cc1ccc(/C=N/NC(=O)c2nn(-c3ccccc3)cc2O)o1. The van der Waals surface area contributed by atoms with Gasteiger partial charge >= 0.3 is 0 Å². The van der Waals surface area contributed by atoms with Gasteiger partial charge < -0.3 is 9.52 Å². The molecule has 0 fully saturated rings. The van der Waals surface area contributed by atoms with E-state index in [1.54, 1.807) is 12.1 Å². The molecule has 0 aliphatic heterocycles. The van der Waals surface area contributed by atoms with Crippen LogP contribution in [0.1, 0.15) is 22.0 Å². The number of furan rings is 1. The van der Waals surface area contributed by atoms with Gasteiger partial charge in [-0.05, 0) is 31.2 Å². The summed E-state index contributed by atoms with van der Waals surface area (Å²) in [6.45, 7) is 1.81. The molecule has 0 saturated heterocycles. The molecule has 23 heavy (non-hydrogen) atoms. The lowest BCUT2D eigenvalue weighted by molar-refractivity contribution is 0.0947. The minimum Gasteiger partial charge on any atom is -0.504 e. The molecule has 7 heteroatoms. The van der Waals surface area contributed by atoms with E-state index in [-0.39, 0.29) is 11.4 Å². The predicted octanol–water partition coefficient (Wildman–Crippen LogP) is 2.24. The maximum Gasteiger partial charge on any atom is 0.295 e. The number of hydrazone groups is 1. The first kappa shape index (κ1) is 14.6. The molecule has 0 atom stereocenters. The number of aromatic nitrogens is 2. The van der Waals surface area contributed by atoms with E-state index >= 15 is 0 Å². The molecule has 0 spiro atoms. The van der Waals surface area contributed by atoms with Gasteiger partial charge in [0.25, 0.3) is 5.91 Å². The lowest BCUT2D eigenvalue weighted by atomic mass is 10.3. The van der Waals surface area contributed by atoms with Crippen molar-refractivity contribution < 1.29 is 14.3 Å². The Balaban J connectivity index is 1.73. The Labute approximate surface area is 131 Å². The van der Waals surface area contributed by atoms with Crippen molar-refractivity contribution >= 4 is 12.1 Å². The summed E-state index contributed by atoms with van der Waals surface area (Å²) in [7, 11) is 0. The standard InChI is InChI=1S/C16H14N4O3/c1-11-7-8-13(23-11)9-17-18-16(22)15-14(21)10-20(19-15)12-5-3-2-4-6-12/h2-10,21H,1H3,(H,18,22)/b17-9+. The number of hydrogen-bond donors (Lipinski definition) is 2. The van der Waals surface area contributed by atoms with Crippen molar-refractivity contribution in [2.45, 2.75) is 6.92 Å². The number of aryl methyl sites for hydroxylation is 1. The van der Waals surface area contributed by atoms with Gasteiger partial charge in [-0.3, -0.25) is 4.79 Å². The smallest absolute Gasteiger partial charge is 0.295 e. The molecule has 3 rings (SSSR count). The molecule has 0 aliphatic rings. The Morgan fingerprint density at radius 3 is 2.78 bits per heavy atom. The van der Waals surface area contributed by atoms with Crippen molar-refractivity contribution in [1.29, 1.82) is 0 Å². The van der Waals surface area contributed by atoms with Gasteiger partial charge in [0.2, 0.25) is 0 Å². The third-order valence-electron chi connectivity index (χ3n) is 3.05. The average molecular weight is 310 g/mol. The van der Waals surface area contributed by atoms with Crippen molar-refractivity contribution in [3.63, 3.8) is 0 Å². The summed E-state index contributed by atoms with van der Waals surface area (Å²) in [4.78, 5) is 12.0. The van der Waals surface area contributed by atoms with Gasteiger partial charge in [-0.1, -0.05) is 18.2 Å². The molecule has 3 aromatic rings. The molecule has 116 valence electrons. The van der Waals surface area contributed by atoms with E-state index in [1.165, 1.54) is 17.1 Å². The van der Waals surface area contributed by atoms with E-state index in [9.17, 15) is 9.90 Å². The Kier molecular flexibility index (Phi) is 3.92. The Bertz CT molecular complexity index is 849. The fourth-order valence-electron chi connectivity index (χ4n) is 1.97. The Morgan fingerprint density at radius 1 is 1.30 bits per heavy atom. The Morgan fingerprint density at radius 2 is 2.09 bits per heavy atom. The second-order valence-electron chi connectivity index (χ2n) is 4.79. The van der Waals surface area contributed by atoms with Crippen molar-refractivity contribution in [2.24, 2.45) is 5.10 Å². The summed E-state index contributed by atoms with van der Waals surface area (Å²) in [5.41, 5.74) is 2.92. The lowest BCUT2D eigenvalue weighted by Gasteiger charge is -1.99. The van der Waals surface area contributed by atoms with Crippen molar-refractivity contribution in [1.82, 2.24) is 15.2 Å². The van der Waals surface area contributed by atoms with Crippen LogP contribution in [0.25, 0.3) is 5.69 Å². The van der Waals surface area contributed by atoms with Gasteiger partial charge in [-0.15, -0.1) is 0 Å². The second kappa shape index (κ2) is 6.18. The lowest BCUT2D eigenvalue weighted by Crippen LogP contribution is -2.18. The number of nitrogens with one attached hydrogen (secondary N) is 1. The number of para-hydroxylation sites is 1. The number of benzene rings is 1. The van der Waals surface area contributed by atoms with Gasteiger partial charge in [0.15, 0.2) is 11.4 Å². The van der Waals surface area contributed by atoms with E-state index in [2.05, 4.69) is 15.6 Å². The summed E-state index contributed by atoms with van der Waals surface area (Å²) in [6.07, 6.45) is 2.74. The van der Waals surface area contributed by atoms with Crippen LogP contribution in [0, 0.1) is 6.92 Å². The molecule has 0 unspecified atom stereocenters. The molecule has 0 saturated carbocycles. The van der Waals surface area contributed by atoms with Gasteiger partial charge in [0.1, 0.15) is 11.5 Å². The summed E-state index contributed by atoms with van der Waals surface area (Å²) in [5, 5.41) is 17.7. The number of amides is 1. The number of nitrogens with zero attached hydrogens (tertiary/aromatic N) is 3. The van der Waals surface area contributed by atoms with Gasteiger partial charge in [-0.2, -0.15) is 10.2 Å². The molecule has 2 heterocycles. The highest BCUT2D eigenvalue weighted by molar-refractivity contribution is 5.95. The summed E-state index contributed by atoms with van der Waals surface area (Å²) in [5.74, 6) is 0.422. The van der Waals surface area contributed by atoms with Crippen LogP contribution in [0.5, 0.6) is 5.75 Å². The average Bonchev–Trinajstić information content (AvgIpc) is 3.14. The second-order valence-corrected chi connectivity index (χ2v) is 4.79. The number of carbonyl (C=O) groups excluding carboxylic acids is 1. The Hall–Kier alpha value is -3.35. The third kappa shape index (κ3) is 3.29. The first-order valence-electron chi connectivity index (χ1n) is 6.87. The van der Waals surface area contributed by atoms with Crippen LogP contribution in [0.3, 0.4) is 0 Å². The van der Waals surface area contributed by atoms with E-state index < -0.39 is 5.91 Å². The van der Waals surface area contributed by atoms with Crippen molar-refractivity contribution in [3.05, 3.63) is 65.9 Å². The maximum absolute atomic E-state index is 12.0. The summed E-state index contributed by atoms with van der Waals surface area (Å²) < 4.78 is 6.71.